The molecule has 0 fully saturated rings. The number of hydrogen-bond acceptors (Lipinski definition) is 5. The van der Waals surface area contributed by atoms with E-state index in [0.29, 0.717) is 5.56 Å². The van der Waals surface area contributed by atoms with E-state index in [2.05, 4.69) is 26.0 Å². The summed E-state index contributed by atoms with van der Waals surface area (Å²) in [5, 5.41) is 2.60. The van der Waals surface area contributed by atoms with Gasteiger partial charge in [-0.25, -0.2) is 4.79 Å². The first kappa shape index (κ1) is 18.2. The molecule has 1 rings (SSSR count). The van der Waals surface area contributed by atoms with Crippen LogP contribution in [0.25, 0.3) is 0 Å². The molecule has 0 bridgehead atoms. The molecular formula is C15H18BrNO5. The van der Waals surface area contributed by atoms with Gasteiger partial charge < -0.3 is 14.8 Å². The summed E-state index contributed by atoms with van der Waals surface area (Å²) in [5.74, 6) is -1.96. The van der Waals surface area contributed by atoms with Crippen LogP contribution in [-0.2, 0) is 19.1 Å². The van der Waals surface area contributed by atoms with Crippen molar-refractivity contribution in [3.05, 3.63) is 34.3 Å². The van der Waals surface area contributed by atoms with Gasteiger partial charge in [-0.05, 0) is 24.1 Å². The Morgan fingerprint density at radius 2 is 1.91 bits per heavy atom. The Morgan fingerprint density at radius 3 is 2.45 bits per heavy atom. The number of halogens is 1. The molecule has 120 valence electrons. The van der Waals surface area contributed by atoms with Crippen molar-refractivity contribution < 1.29 is 23.9 Å². The number of rotatable bonds is 6. The topological polar surface area (TPSA) is 81.7 Å². The lowest BCUT2D eigenvalue weighted by Gasteiger charge is -2.22. The fourth-order valence-corrected chi connectivity index (χ4v) is 2.28. The van der Waals surface area contributed by atoms with Gasteiger partial charge in [0.25, 0.3) is 5.91 Å². The van der Waals surface area contributed by atoms with Gasteiger partial charge in [-0.15, -0.1) is 0 Å². The second-order valence-corrected chi connectivity index (χ2v) is 5.66. The molecule has 0 aliphatic carbocycles. The molecule has 1 N–H and O–H groups in total. The Hall–Kier alpha value is -1.89. The first-order valence-electron chi connectivity index (χ1n) is 6.60. The maximum atomic E-state index is 12.2. The van der Waals surface area contributed by atoms with Crippen LogP contribution < -0.4 is 5.32 Å². The lowest BCUT2D eigenvalue weighted by molar-refractivity contribution is -0.146. The highest BCUT2D eigenvalue weighted by Gasteiger charge is 2.29. The summed E-state index contributed by atoms with van der Waals surface area (Å²) in [5.41, 5.74) is 0.397. The summed E-state index contributed by atoms with van der Waals surface area (Å²) in [7, 11) is 2.49. The quantitative estimate of drug-likeness (QED) is 0.772. The number of carbonyl (C=O) groups is 3. The summed E-state index contributed by atoms with van der Waals surface area (Å²) in [4.78, 5) is 35.4. The van der Waals surface area contributed by atoms with Crippen LogP contribution in [0.1, 0.15) is 23.7 Å². The number of ether oxygens (including phenoxy) is 2. The van der Waals surface area contributed by atoms with Crippen molar-refractivity contribution in [2.45, 2.75) is 19.4 Å². The zero-order chi connectivity index (χ0) is 16.7. The number of hydrogen-bond donors (Lipinski definition) is 1. The Bertz CT molecular complexity index is 561. The van der Waals surface area contributed by atoms with Crippen LogP contribution in [0, 0.1) is 5.92 Å². The fourth-order valence-electron chi connectivity index (χ4n) is 1.88. The average Bonchev–Trinajstić information content (AvgIpc) is 2.51. The van der Waals surface area contributed by atoms with Crippen molar-refractivity contribution in [1.82, 2.24) is 5.32 Å². The Morgan fingerprint density at radius 1 is 1.23 bits per heavy atom. The molecule has 0 spiro atoms. The molecule has 0 saturated heterocycles. The normalized spacial score (nSPS) is 12.9. The number of nitrogens with one attached hydrogen (secondary N) is 1. The van der Waals surface area contributed by atoms with Crippen LogP contribution >= 0.6 is 15.9 Å². The van der Waals surface area contributed by atoms with E-state index in [1.54, 1.807) is 31.2 Å². The van der Waals surface area contributed by atoms with Gasteiger partial charge in [0.1, 0.15) is 6.04 Å². The minimum Gasteiger partial charge on any atom is -0.469 e. The van der Waals surface area contributed by atoms with E-state index in [4.69, 9.17) is 4.74 Å². The van der Waals surface area contributed by atoms with Crippen LogP contribution in [0.5, 0.6) is 0 Å². The molecule has 7 heteroatoms. The van der Waals surface area contributed by atoms with E-state index < -0.39 is 29.8 Å². The highest BCUT2D eigenvalue weighted by atomic mass is 79.9. The highest BCUT2D eigenvalue weighted by molar-refractivity contribution is 9.10. The number of benzene rings is 1. The largest absolute Gasteiger partial charge is 0.469 e. The molecular weight excluding hydrogens is 354 g/mol. The van der Waals surface area contributed by atoms with Crippen molar-refractivity contribution in [2.24, 2.45) is 5.92 Å². The molecule has 6 nitrogen and oxygen atoms in total. The molecule has 0 aromatic heterocycles. The van der Waals surface area contributed by atoms with Gasteiger partial charge in [-0.2, -0.15) is 0 Å². The second kappa shape index (κ2) is 8.53. The monoisotopic (exact) mass is 371 g/mol. The van der Waals surface area contributed by atoms with Crippen molar-refractivity contribution in [1.29, 1.82) is 0 Å². The Labute approximate surface area is 137 Å². The first-order valence-corrected chi connectivity index (χ1v) is 7.39. The maximum Gasteiger partial charge on any atom is 0.328 e. The minimum absolute atomic E-state index is 0.00493. The van der Waals surface area contributed by atoms with E-state index in [1.807, 2.05) is 0 Å². The summed E-state index contributed by atoms with van der Waals surface area (Å²) in [6.45, 7) is 1.67. The number of methoxy groups -OCH3 is 2. The van der Waals surface area contributed by atoms with Crippen LogP contribution in [0.3, 0.4) is 0 Å². The molecule has 0 radical (unpaired) electrons. The van der Waals surface area contributed by atoms with Crippen molar-refractivity contribution in [3.8, 4) is 0 Å². The lowest BCUT2D eigenvalue weighted by atomic mass is 9.98. The van der Waals surface area contributed by atoms with Gasteiger partial charge in [0, 0.05) is 10.0 Å². The van der Waals surface area contributed by atoms with Gasteiger partial charge in [0.05, 0.1) is 20.6 Å². The standard InChI is InChI=1S/C15H18BrNO5/c1-9(7-12(18)21-2)13(15(20)22-3)17-14(19)10-5-4-6-11(16)8-10/h4-6,8-9,13H,7H2,1-3H3,(H,17,19)/t9-,13-/m0/s1. The molecule has 0 aliphatic heterocycles. The summed E-state index contributed by atoms with van der Waals surface area (Å²) in [6.07, 6.45) is -0.00493. The highest BCUT2D eigenvalue weighted by Crippen LogP contribution is 2.14. The zero-order valence-electron chi connectivity index (χ0n) is 12.6. The van der Waals surface area contributed by atoms with Crippen LogP contribution in [0.15, 0.2) is 28.7 Å². The fraction of sp³-hybridized carbons (Fsp3) is 0.400. The van der Waals surface area contributed by atoms with Crippen LogP contribution in [0.2, 0.25) is 0 Å². The third kappa shape index (κ3) is 5.14. The zero-order valence-corrected chi connectivity index (χ0v) is 14.2. The summed E-state index contributed by atoms with van der Waals surface area (Å²) < 4.78 is 10.0. The van der Waals surface area contributed by atoms with Crippen molar-refractivity contribution >= 4 is 33.8 Å². The van der Waals surface area contributed by atoms with Crippen molar-refractivity contribution in [2.75, 3.05) is 14.2 Å². The van der Waals surface area contributed by atoms with Gasteiger partial charge >= 0.3 is 11.9 Å². The van der Waals surface area contributed by atoms with E-state index in [1.165, 1.54) is 14.2 Å². The van der Waals surface area contributed by atoms with E-state index >= 15 is 0 Å². The molecule has 1 aromatic rings. The first-order chi connectivity index (χ1) is 10.4. The van der Waals surface area contributed by atoms with Gasteiger partial charge in [0.15, 0.2) is 0 Å². The lowest BCUT2D eigenvalue weighted by Crippen LogP contribution is -2.46. The Kier molecular flexibility index (Phi) is 7.04. The Balaban J connectivity index is 2.87. The van der Waals surface area contributed by atoms with E-state index in [-0.39, 0.29) is 6.42 Å². The average molecular weight is 372 g/mol. The third-order valence-corrected chi connectivity index (χ3v) is 3.61. The van der Waals surface area contributed by atoms with Gasteiger partial charge in [0.2, 0.25) is 0 Å². The van der Waals surface area contributed by atoms with E-state index in [9.17, 15) is 14.4 Å². The van der Waals surface area contributed by atoms with Crippen LogP contribution in [-0.4, -0.2) is 38.1 Å². The number of amides is 1. The summed E-state index contributed by atoms with van der Waals surface area (Å²) in [6, 6.07) is 5.82. The van der Waals surface area contributed by atoms with E-state index in [0.717, 1.165) is 4.47 Å². The predicted molar refractivity (Wildman–Crippen MR) is 83.2 cm³/mol. The van der Waals surface area contributed by atoms with Gasteiger partial charge in [-0.3, -0.25) is 9.59 Å². The smallest absolute Gasteiger partial charge is 0.328 e. The van der Waals surface area contributed by atoms with Crippen LogP contribution in [0.4, 0.5) is 0 Å². The van der Waals surface area contributed by atoms with Gasteiger partial charge in [-0.1, -0.05) is 28.9 Å². The number of carbonyl (C=O) groups excluding carboxylic acids is 3. The molecule has 0 heterocycles. The molecule has 0 aliphatic rings. The second-order valence-electron chi connectivity index (χ2n) is 4.74. The minimum atomic E-state index is -0.935. The molecule has 1 aromatic carbocycles. The molecule has 2 atom stereocenters. The molecule has 0 unspecified atom stereocenters. The SMILES string of the molecule is COC(=O)C[C@H](C)[C@H](NC(=O)c1cccc(Br)c1)C(=O)OC. The number of esters is 2. The predicted octanol–water partition coefficient (Wildman–Crippen LogP) is 1.92. The third-order valence-electron chi connectivity index (χ3n) is 3.11. The molecule has 1 amide bonds. The van der Waals surface area contributed by atoms with Crippen molar-refractivity contribution in [3.63, 3.8) is 0 Å². The maximum absolute atomic E-state index is 12.2. The molecule has 22 heavy (non-hydrogen) atoms. The summed E-state index contributed by atoms with van der Waals surface area (Å²) >= 11 is 3.28. The molecule has 0 saturated carbocycles.